The Labute approximate surface area is 57.8 Å². The lowest BCUT2D eigenvalue weighted by Gasteiger charge is -1.80. The lowest BCUT2D eigenvalue weighted by molar-refractivity contribution is 1.61. The molecule has 0 amide bonds. The molecule has 0 aromatic carbocycles. The molecule has 9 heavy (non-hydrogen) atoms. The summed E-state index contributed by atoms with van der Waals surface area (Å²) in [6.45, 7) is 6.93. The average molecular weight is 137 g/mol. The van der Waals surface area contributed by atoms with E-state index < -0.39 is 0 Å². The number of aliphatic imine (C=N–C) groups is 1. The maximum atomic E-state index is 3.81. The molecule has 1 atom stereocenters. The van der Waals surface area contributed by atoms with Crippen molar-refractivity contribution in [3.05, 3.63) is 25.4 Å². The zero-order valence-electron chi connectivity index (χ0n) is 5.09. The first kappa shape index (κ1) is 8.14. The fourth-order valence-corrected chi connectivity index (χ4v) is 0.456. The predicted octanol–water partition coefficient (Wildman–Crippen LogP) is 1.59. The van der Waals surface area contributed by atoms with E-state index in [0.29, 0.717) is 5.71 Å². The van der Waals surface area contributed by atoms with E-state index in [1.807, 2.05) is 0 Å². The van der Waals surface area contributed by atoms with Gasteiger partial charge in [-0.05, 0) is 12.0 Å². The maximum absolute atomic E-state index is 3.81. The Bertz CT molecular complexity index is 193. The zero-order chi connectivity index (χ0) is 7.11. The second kappa shape index (κ2) is 5.28. The van der Waals surface area contributed by atoms with E-state index in [4.69, 9.17) is 0 Å². The van der Waals surface area contributed by atoms with Gasteiger partial charge < -0.3 is 0 Å². The van der Waals surface area contributed by atoms with Gasteiger partial charge in [0.1, 0.15) is 5.71 Å². The van der Waals surface area contributed by atoms with Crippen molar-refractivity contribution in [2.75, 3.05) is 0 Å². The highest BCUT2D eigenvalue weighted by molar-refractivity contribution is 7.23. The third-order valence-corrected chi connectivity index (χ3v) is 0.768. The molecule has 0 aromatic heterocycles. The molecule has 0 aliphatic carbocycles. The van der Waals surface area contributed by atoms with E-state index in [0.717, 1.165) is 0 Å². The fraction of sp³-hybridized carbons (Fsp3) is 0. The second-order valence-electron chi connectivity index (χ2n) is 1.17. The first-order chi connectivity index (χ1) is 4.35. The fourth-order valence-electron chi connectivity index (χ4n) is 0.308. The van der Waals surface area contributed by atoms with Crippen molar-refractivity contribution < 1.29 is 0 Å². The Balaban J connectivity index is 4.26. The van der Waals surface area contributed by atoms with E-state index in [2.05, 4.69) is 39.0 Å². The molecule has 0 aromatic rings. The van der Waals surface area contributed by atoms with Crippen molar-refractivity contribution in [2.24, 2.45) is 4.99 Å². The molecule has 0 bridgehead atoms. The second-order valence-corrected chi connectivity index (χ2v) is 1.46. The topological polar surface area (TPSA) is 12.4 Å². The first-order valence-electron chi connectivity index (χ1n) is 2.38. The van der Waals surface area contributed by atoms with Crippen molar-refractivity contribution in [2.45, 2.75) is 0 Å². The molecular weight excluding hydrogens is 129 g/mol. The van der Waals surface area contributed by atoms with Crippen molar-refractivity contribution in [1.82, 2.24) is 0 Å². The van der Waals surface area contributed by atoms with Crippen molar-refractivity contribution in [3.63, 3.8) is 0 Å². The molecule has 0 heterocycles. The number of nitrogens with zero attached hydrogens (tertiary/aromatic N) is 1. The molecule has 0 rings (SSSR count). The van der Waals surface area contributed by atoms with Crippen LogP contribution in [-0.4, -0.2) is 5.71 Å². The molecule has 1 unspecified atom stereocenters. The zero-order valence-corrected chi connectivity index (χ0v) is 6.25. The summed E-state index contributed by atoms with van der Waals surface area (Å²) in [5, 5.41) is 0. The van der Waals surface area contributed by atoms with E-state index >= 15 is 0 Å². The van der Waals surface area contributed by atoms with Crippen LogP contribution in [0.15, 0.2) is 30.4 Å². The van der Waals surface area contributed by atoms with E-state index in [-0.39, 0.29) is 0 Å². The lowest BCUT2D eigenvalue weighted by Crippen LogP contribution is -1.83. The summed E-state index contributed by atoms with van der Waals surface area (Å²) in [6, 6.07) is 0. The smallest absolute Gasteiger partial charge is 0.112 e. The molecule has 0 N–H and O–H groups in total. The Kier molecular flexibility index (Phi) is 4.78. The van der Waals surface area contributed by atoms with Gasteiger partial charge in [-0.3, -0.25) is 0 Å². The van der Waals surface area contributed by atoms with E-state index in [1.165, 1.54) is 6.20 Å². The summed E-state index contributed by atoms with van der Waals surface area (Å²) in [6.07, 6.45) is 3.02. The Morgan fingerprint density at radius 1 is 1.56 bits per heavy atom. The van der Waals surface area contributed by atoms with Gasteiger partial charge >= 0.3 is 0 Å². The van der Waals surface area contributed by atoms with Gasteiger partial charge in [-0.15, -0.1) is 0 Å². The van der Waals surface area contributed by atoms with Gasteiger partial charge in [-0.2, -0.15) is 0 Å². The number of rotatable bonds is 2. The SMILES string of the molecule is C=CN=C(C#CP)C=C. The summed E-state index contributed by atoms with van der Waals surface area (Å²) < 4.78 is 0. The molecule has 0 radical (unpaired) electrons. The molecule has 0 fully saturated rings. The number of hydrogen-bond acceptors (Lipinski definition) is 1. The standard InChI is InChI=1S/C7H8NP/c1-3-7(5-6-9)8-4-2/h3-4H,1-2,9H2. The van der Waals surface area contributed by atoms with Crippen LogP contribution >= 0.6 is 9.24 Å². The summed E-state index contributed by atoms with van der Waals surface area (Å²) in [5.74, 6) is 2.71. The van der Waals surface area contributed by atoms with Gasteiger partial charge in [-0.1, -0.05) is 28.1 Å². The summed E-state index contributed by atoms with van der Waals surface area (Å²) in [4.78, 5) is 3.81. The van der Waals surface area contributed by atoms with Crippen LogP contribution in [0.1, 0.15) is 0 Å². The van der Waals surface area contributed by atoms with Crippen LogP contribution in [0.2, 0.25) is 0 Å². The molecule has 0 saturated heterocycles. The quantitative estimate of drug-likeness (QED) is 0.311. The van der Waals surface area contributed by atoms with Crippen molar-refractivity contribution >= 4 is 15.0 Å². The molecule has 2 heteroatoms. The first-order valence-corrected chi connectivity index (χ1v) is 2.95. The minimum absolute atomic E-state index is 0.639. The highest BCUT2D eigenvalue weighted by atomic mass is 31.0. The largest absolute Gasteiger partial charge is 0.248 e. The third kappa shape index (κ3) is 3.70. The highest BCUT2D eigenvalue weighted by Crippen LogP contribution is 1.80. The summed E-state index contributed by atoms with van der Waals surface area (Å²) >= 11 is 0. The van der Waals surface area contributed by atoms with Gasteiger partial charge in [0.15, 0.2) is 0 Å². The Morgan fingerprint density at radius 2 is 2.22 bits per heavy atom. The van der Waals surface area contributed by atoms with Gasteiger partial charge in [0.2, 0.25) is 0 Å². The lowest BCUT2D eigenvalue weighted by atomic mass is 10.4. The molecule has 0 aliphatic rings. The van der Waals surface area contributed by atoms with Crippen LogP contribution in [-0.2, 0) is 0 Å². The summed E-state index contributed by atoms with van der Waals surface area (Å²) in [5.41, 5.74) is 3.26. The van der Waals surface area contributed by atoms with Crippen LogP contribution in [0.5, 0.6) is 0 Å². The van der Waals surface area contributed by atoms with E-state index in [1.54, 1.807) is 6.08 Å². The van der Waals surface area contributed by atoms with Gasteiger partial charge in [0, 0.05) is 6.20 Å². The molecular formula is C7H8NP. The molecule has 46 valence electrons. The molecule has 1 nitrogen and oxygen atoms in total. The third-order valence-electron chi connectivity index (χ3n) is 0.624. The van der Waals surface area contributed by atoms with Crippen LogP contribution in [0.3, 0.4) is 0 Å². The average Bonchev–Trinajstić information content (AvgIpc) is 1.88. The van der Waals surface area contributed by atoms with Crippen LogP contribution in [0, 0.1) is 11.6 Å². The van der Waals surface area contributed by atoms with Crippen molar-refractivity contribution in [3.8, 4) is 11.6 Å². The van der Waals surface area contributed by atoms with Gasteiger partial charge in [-0.25, -0.2) is 4.99 Å². The monoisotopic (exact) mass is 137 g/mol. The molecule has 0 spiro atoms. The van der Waals surface area contributed by atoms with Gasteiger partial charge in [0.25, 0.3) is 0 Å². The highest BCUT2D eigenvalue weighted by Gasteiger charge is 1.78. The number of allylic oxidation sites excluding steroid dienone is 1. The normalized spacial score (nSPS) is 9.22. The Morgan fingerprint density at radius 3 is 2.56 bits per heavy atom. The van der Waals surface area contributed by atoms with Crippen LogP contribution in [0.25, 0.3) is 0 Å². The predicted molar refractivity (Wildman–Crippen MR) is 45.3 cm³/mol. The summed E-state index contributed by atoms with van der Waals surface area (Å²) in [7, 11) is 2.28. The van der Waals surface area contributed by atoms with Gasteiger partial charge in [0.05, 0.1) is 0 Å². The van der Waals surface area contributed by atoms with Crippen molar-refractivity contribution in [1.29, 1.82) is 0 Å². The van der Waals surface area contributed by atoms with E-state index in [9.17, 15) is 0 Å². The number of hydrogen-bond donors (Lipinski definition) is 0. The minimum atomic E-state index is 0.639. The molecule has 0 aliphatic heterocycles. The minimum Gasteiger partial charge on any atom is -0.248 e. The van der Waals surface area contributed by atoms with Crippen LogP contribution < -0.4 is 0 Å². The Hall–Kier alpha value is -0.860. The molecule has 0 saturated carbocycles. The van der Waals surface area contributed by atoms with Crippen LogP contribution in [0.4, 0.5) is 0 Å². The maximum Gasteiger partial charge on any atom is 0.112 e.